The van der Waals surface area contributed by atoms with Crippen molar-refractivity contribution in [2.45, 2.75) is 33.1 Å². The Morgan fingerprint density at radius 3 is 2.41 bits per heavy atom. The molecule has 0 aromatic rings. The molecule has 1 fully saturated rings. The van der Waals surface area contributed by atoms with Crippen LogP contribution in [0.4, 0.5) is 0 Å². The van der Waals surface area contributed by atoms with Gasteiger partial charge in [-0.25, -0.2) is 0 Å². The van der Waals surface area contributed by atoms with Gasteiger partial charge in [0.25, 0.3) is 0 Å². The number of amides is 1. The molecule has 1 rings (SSSR count). The Morgan fingerprint density at radius 2 is 1.94 bits per heavy atom. The van der Waals surface area contributed by atoms with Gasteiger partial charge < -0.3 is 10.0 Å². The molecule has 0 aromatic heterocycles. The first-order chi connectivity index (χ1) is 7.97. The predicted molar refractivity (Wildman–Crippen MR) is 65.5 cm³/mol. The second kappa shape index (κ2) is 5.84. The van der Waals surface area contributed by atoms with Crippen molar-refractivity contribution >= 4 is 11.9 Å². The molecule has 2 unspecified atom stereocenters. The van der Waals surface area contributed by atoms with Crippen LogP contribution in [-0.4, -0.2) is 35.0 Å². The number of carboxylic acids is 1. The van der Waals surface area contributed by atoms with Crippen LogP contribution in [0.3, 0.4) is 0 Å². The Bertz CT molecular complexity index is 325. The SMILES string of the molecule is C=C(C)CN(CC)C(=O)C1CCCC1C(=O)O. The van der Waals surface area contributed by atoms with Crippen molar-refractivity contribution in [3.63, 3.8) is 0 Å². The van der Waals surface area contributed by atoms with Crippen LogP contribution in [0.25, 0.3) is 0 Å². The van der Waals surface area contributed by atoms with Crippen LogP contribution in [-0.2, 0) is 9.59 Å². The number of carboxylic acid groups (broad SMARTS) is 1. The van der Waals surface area contributed by atoms with Crippen LogP contribution in [0.5, 0.6) is 0 Å². The van der Waals surface area contributed by atoms with Crippen LogP contribution in [0.15, 0.2) is 12.2 Å². The second-order valence-electron chi connectivity index (χ2n) is 4.79. The summed E-state index contributed by atoms with van der Waals surface area (Å²) < 4.78 is 0. The van der Waals surface area contributed by atoms with Gasteiger partial charge in [-0.2, -0.15) is 0 Å². The number of nitrogens with zero attached hydrogens (tertiary/aromatic N) is 1. The first kappa shape index (κ1) is 13.7. The van der Waals surface area contributed by atoms with E-state index in [0.29, 0.717) is 25.9 Å². The molecule has 0 aromatic carbocycles. The molecule has 1 amide bonds. The van der Waals surface area contributed by atoms with E-state index < -0.39 is 11.9 Å². The van der Waals surface area contributed by atoms with E-state index in [1.165, 1.54) is 0 Å². The summed E-state index contributed by atoms with van der Waals surface area (Å²) in [5.41, 5.74) is 0.921. The molecule has 0 radical (unpaired) electrons. The fraction of sp³-hybridized carbons (Fsp3) is 0.692. The van der Waals surface area contributed by atoms with Crippen LogP contribution >= 0.6 is 0 Å². The molecule has 17 heavy (non-hydrogen) atoms. The highest BCUT2D eigenvalue weighted by molar-refractivity contribution is 5.85. The van der Waals surface area contributed by atoms with Gasteiger partial charge in [-0.05, 0) is 26.7 Å². The van der Waals surface area contributed by atoms with Gasteiger partial charge in [0.1, 0.15) is 0 Å². The van der Waals surface area contributed by atoms with Crippen molar-refractivity contribution in [3.05, 3.63) is 12.2 Å². The van der Waals surface area contributed by atoms with Crippen molar-refractivity contribution in [2.24, 2.45) is 11.8 Å². The Balaban J connectivity index is 2.73. The average molecular weight is 239 g/mol. The maximum absolute atomic E-state index is 12.2. The zero-order valence-corrected chi connectivity index (χ0v) is 10.6. The summed E-state index contributed by atoms with van der Waals surface area (Å²) in [5, 5.41) is 9.08. The Morgan fingerprint density at radius 1 is 1.35 bits per heavy atom. The first-order valence-corrected chi connectivity index (χ1v) is 6.13. The van der Waals surface area contributed by atoms with Crippen molar-refractivity contribution in [1.82, 2.24) is 4.90 Å². The molecule has 4 heteroatoms. The minimum atomic E-state index is -0.841. The third-order valence-corrected chi connectivity index (χ3v) is 3.30. The summed E-state index contributed by atoms with van der Waals surface area (Å²) in [6, 6.07) is 0. The van der Waals surface area contributed by atoms with Gasteiger partial charge in [-0.15, -0.1) is 0 Å². The summed E-state index contributed by atoms with van der Waals surface area (Å²) >= 11 is 0. The molecule has 96 valence electrons. The van der Waals surface area contributed by atoms with E-state index in [2.05, 4.69) is 6.58 Å². The fourth-order valence-corrected chi connectivity index (χ4v) is 2.46. The second-order valence-corrected chi connectivity index (χ2v) is 4.79. The minimum Gasteiger partial charge on any atom is -0.481 e. The minimum absolute atomic E-state index is 0.0274. The third-order valence-electron chi connectivity index (χ3n) is 3.30. The quantitative estimate of drug-likeness (QED) is 0.746. The van der Waals surface area contributed by atoms with Gasteiger partial charge in [0.15, 0.2) is 0 Å². The van der Waals surface area contributed by atoms with Crippen molar-refractivity contribution in [2.75, 3.05) is 13.1 Å². The number of aliphatic carboxylic acids is 1. The molecule has 4 nitrogen and oxygen atoms in total. The number of hydrogen-bond acceptors (Lipinski definition) is 2. The van der Waals surface area contributed by atoms with E-state index in [1.54, 1.807) is 4.90 Å². The molecule has 0 aliphatic heterocycles. The lowest BCUT2D eigenvalue weighted by molar-refractivity contribution is -0.148. The van der Waals surface area contributed by atoms with E-state index >= 15 is 0 Å². The molecule has 1 aliphatic rings. The van der Waals surface area contributed by atoms with Crippen molar-refractivity contribution in [3.8, 4) is 0 Å². The van der Waals surface area contributed by atoms with Crippen LogP contribution < -0.4 is 0 Å². The smallest absolute Gasteiger partial charge is 0.307 e. The Kier molecular flexibility index (Phi) is 4.73. The largest absolute Gasteiger partial charge is 0.481 e. The summed E-state index contributed by atoms with van der Waals surface area (Å²) in [5.74, 6) is -1.71. The molecule has 2 atom stereocenters. The van der Waals surface area contributed by atoms with Gasteiger partial charge >= 0.3 is 5.97 Å². The van der Waals surface area contributed by atoms with E-state index in [9.17, 15) is 9.59 Å². The van der Waals surface area contributed by atoms with Crippen molar-refractivity contribution < 1.29 is 14.7 Å². The van der Waals surface area contributed by atoms with Gasteiger partial charge in [-0.1, -0.05) is 18.6 Å². The predicted octanol–water partition coefficient (Wildman–Crippen LogP) is 1.91. The highest BCUT2D eigenvalue weighted by Gasteiger charge is 2.39. The molecule has 0 heterocycles. The third kappa shape index (κ3) is 3.32. The average Bonchev–Trinajstić information content (AvgIpc) is 2.73. The summed E-state index contributed by atoms with van der Waals surface area (Å²) in [4.78, 5) is 25.0. The van der Waals surface area contributed by atoms with E-state index in [0.717, 1.165) is 12.0 Å². The molecule has 1 aliphatic carbocycles. The summed E-state index contributed by atoms with van der Waals surface area (Å²) in [6.07, 6.45) is 2.15. The Hall–Kier alpha value is -1.32. The van der Waals surface area contributed by atoms with Gasteiger partial charge in [0, 0.05) is 13.1 Å². The number of hydrogen-bond donors (Lipinski definition) is 1. The monoisotopic (exact) mass is 239 g/mol. The lowest BCUT2D eigenvalue weighted by atomic mass is 9.94. The molecule has 0 saturated heterocycles. The standard InChI is InChI=1S/C13H21NO3/c1-4-14(8-9(2)3)12(15)10-6-5-7-11(10)13(16)17/h10-11H,2,4-8H2,1,3H3,(H,16,17). The molecule has 1 N–H and O–H groups in total. The highest BCUT2D eigenvalue weighted by atomic mass is 16.4. The maximum atomic E-state index is 12.2. The number of likely N-dealkylation sites (N-methyl/N-ethyl adjacent to an activating group) is 1. The molecule has 0 bridgehead atoms. The van der Waals surface area contributed by atoms with Crippen LogP contribution in [0.2, 0.25) is 0 Å². The number of carbonyl (C=O) groups excluding carboxylic acids is 1. The molecular formula is C13H21NO3. The fourth-order valence-electron chi connectivity index (χ4n) is 2.46. The summed E-state index contributed by atoms with van der Waals surface area (Å²) in [7, 11) is 0. The van der Waals surface area contributed by atoms with Crippen LogP contribution in [0, 0.1) is 11.8 Å². The maximum Gasteiger partial charge on any atom is 0.307 e. The van der Waals surface area contributed by atoms with E-state index in [1.807, 2.05) is 13.8 Å². The lowest BCUT2D eigenvalue weighted by Gasteiger charge is -2.26. The lowest BCUT2D eigenvalue weighted by Crippen LogP contribution is -2.39. The molecule has 0 spiro atoms. The normalized spacial score (nSPS) is 23.4. The van der Waals surface area contributed by atoms with Gasteiger partial charge in [0.05, 0.1) is 11.8 Å². The van der Waals surface area contributed by atoms with Gasteiger partial charge in [0.2, 0.25) is 5.91 Å². The zero-order valence-electron chi connectivity index (χ0n) is 10.6. The van der Waals surface area contributed by atoms with Crippen LogP contribution in [0.1, 0.15) is 33.1 Å². The molecular weight excluding hydrogens is 218 g/mol. The first-order valence-electron chi connectivity index (χ1n) is 6.13. The van der Waals surface area contributed by atoms with Crippen molar-refractivity contribution in [1.29, 1.82) is 0 Å². The zero-order chi connectivity index (χ0) is 13.0. The number of rotatable bonds is 5. The topological polar surface area (TPSA) is 57.6 Å². The Labute approximate surface area is 102 Å². The van der Waals surface area contributed by atoms with Gasteiger partial charge in [-0.3, -0.25) is 9.59 Å². The highest BCUT2D eigenvalue weighted by Crippen LogP contribution is 2.33. The summed E-state index contributed by atoms with van der Waals surface area (Å²) in [6.45, 7) is 8.71. The van der Waals surface area contributed by atoms with E-state index in [-0.39, 0.29) is 11.8 Å². The van der Waals surface area contributed by atoms with E-state index in [4.69, 9.17) is 5.11 Å². The number of carbonyl (C=O) groups is 2. The molecule has 1 saturated carbocycles.